The summed E-state index contributed by atoms with van der Waals surface area (Å²) in [5.74, 6) is -0.517. The van der Waals surface area contributed by atoms with Gasteiger partial charge >= 0.3 is 11.9 Å². The van der Waals surface area contributed by atoms with E-state index in [4.69, 9.17) is 9.47 Å². The molecule has 0 saturated carbocycles. The summed E-state index contributed by atoms with van der Waals surface area (Å²) in [6, 6.07) is 11.0. The Bertz CT molecular complexity index is 2080. The van der Waals surface area contributed by atoms with Crippen molar-refractivity contribution in [1.29, 1.82) is 0 Å². The summed E-state index contributed by atoms with van der Waals surface area (Å²) < 4.78 is 11.4. The van der Waals surface area contributed by atoms with Crippen molar-refractivity contribution in [3.05, 3.63) is 59.7 Å². The Balaban J connectivity index is 1.93. The number of unbranched alkanes of at least 4 members (excludes halogenated alkanes) is 24. The summed E-state index contributed by atoms with van der Waals surface area (Å²) in [5, 5.41) is 22.5. The number of Topliss-reactive ketones (excluding diaryl/α,β-unsaturated/α-hetero) is 2. The molecule has 6 atom stereocenters. The van der Waals surface area contributed by atoms with Gasteiger partial charge in [0, 0.05) is 13.1 Å². The molecule has 0 spiro atoms. The van der Waals surface area contributed by atoms with Crippen molar-refractivity contribution in [3.8, 4) is 0 Å². The van der Waals surface area contributed by atoms with E-state index in [2.05, 4.69) is 72.6 Å². The zero-order chi connectivity index (χ0) is 64.2. The quantitative estimate of drug-likeness (QED) is 0.0282. The first kappa shape index (κ1) is 79.0. The molecule has 14 heteroatoms. The number of carbonyl (C=O) groups is 6. The number of nitrogens with one attached hydrogen (secondary N) is 2. The van der Waals surface area contributed by atoms with Crippen LogP contribution in [0.3, 0.4) is 0 Å². The molecule has 6 unspecified atom stereocenters. The molecule has 2 N–H and O–H groups in total. The van der Waals surface area contributed by atoms with Crippen LogP contribution in [0.15, 0.2) is 69.0 Å². The van der Waals surface area contributed by atoms with Crippen LogP contribution in [-0.4, -0.2) is 73.7 Å². The molecule has 0 aromatic heterocycles. The fourth-order valence-corrected chi connectivity index (χ4v) is 11.8. The van der Waals surface area contributed by atoms with Crippen LogP contribution in [0.4, 0.5) is 11.4 Å². The van der Waals surface area contributed by atoms with E-state index in [1.54, 1.807) is 48.5 Å². The number of rotatable bonds is 57. The molecule has 0 heterocycles. The highest BCUT2D eigenvalue weighted by Crippen LogP contribution is 2.34. The molecule has 0 aliphatic carbocycles. The normalized spacial score (nSPS) is 13.7. The van der Waals surface area contributed by atoms with Gasteiger partial charge in [-0.2, -0.15) is 20.5 Å². The van der Waals surface area contributed by atoms with Gasteiger partial charge in [0.2, 0.25) is 12.1 Å². The molecule has 0 bridgehead atoms. The second kappa shape index (κ2) is 52.6. The lowest BCUT2D eigenvalue weighted by molar-refractivity contribution is -0.130. The van der Waals surface area contributed by atoms with E-state index in [-0.39, 0.29) is 22.5 Å². The first-order valence-electron chi connectivity index (χ1n) is 35.7. The van der Waals surface area contributed by atoms with Crippen molar-refractivity contribution < 1.29 is 38.2 Å². The average molecular weight is 1230 g/mol. The summed E-state index contributed by atoms with van der Waals surface area (Å²) >= 11 is 0. The highest BCUT2D eigenvalue weighted by molar-refractivity contribution is 6.05. The minimum absolute atomic E-state index is 0.259. The zero-order valence-corrected chi connectivity index (χ0v) is 56.8. The van der Waals surface area contributed by atoms with Crippen LogP contribution in [-0.2, 0) is 28.7 Å². The second-order valence-electron chi connectivity index (χ2n) is 25.2. The standard InChI is InChI=1S/C74H124N6O8/c1-9-15-19-21-23-29-35-47-63(49-37-31-25-27-33-43-55-87-73(85)65-51-39-41-53-67(65)77-79-69(59(7)81)71(83)75-57-61(13-5)45-17-11-3)64(48-36-30-24-22-20-16-10-2)50-38-32-26-28-34-44-56-88-74(86)66-52-40-42-54-68(66)78-80-70(60(8)82)72(84)76-58-62(14-6)46-18-12-4/h39-42,51-54,61-64,69-70H,9-38,43-50,55-58H2,1-8H3,(H,75,83)(H,76,84). The number of azo groups is 2. The van der Waals surface area contributed by atoms with Gasteiger partial charge < -0.3 is 20.1 Å². The molecular weight excluding hydrogens is 1100 g/mol. The molecule has 2 aromatic rings. The topological polar surface area (TPSA) is 194 Å². The van der Waals surface area contributed by atoms with Gasteiger partial charge in [0.25, 0.3) is 11.8 Å². The summed E-state index contributed by atoms with van der Waals surface area (Å²) in [6.07, 6.45) is 45.4. The van der Waals surface area contributed by atoms with Crippen molar-refractivity contribution in [2.45, 2.75) is 311 Å². The van der Waals surface area contributed by atoms with Crippen LogP contribution in [0.2, 0.25) is 0 Å². The maximum Gasteiger partial charge on any atom is 0.340 e. The molecule has 0 fully saturated rings. The van der Waals surface area contributed by atoms with E-state index in [1.165, 1.54) is 168 Å². The number of esters is 2. The SMILES string of the molecule is CCCCCCCCCC(CCCCCCCCOC(=O)c1ccccc1N=NC(C(C)=O)C(=O)NCC(CC)CCCC)C(CCCCCCCCC)CCCCCCCCOC(=O)c1ccccc1N=NC(C(C)=O)C(=O)NCC(CC)CCCC. The monoisotopic (exact) mass is 1220 g/mol. The average Bonchev–Trinajstić information content (AvgIpc) is 2.95. The van der Waals surface area contributed by atoms with Gasteiger partial charge in [-0.3, -0.25) is 19.2 Å². The van der Waals surface area contributed by atoms with Crippen LogP contribution in [0.25, 0.3) is 0 Å². The summed E-state index contributed by atoms with van der Waals surface area (Å²) in [5.41, 5.74) is 1.06. The molecule has 498 valence electrons. The van der Waals surface area contributed by atoms with Crippen LogP contribution in [0.5, 0.6) is 0 Å². The molecule has 88 heavy (non-hydrogen) atoms. The summed E-state index contributed by atoms with van der Waals surface area (Å²) in [4.78, 5) is 77.5. The number of nitrogens with zero attached hydrogens (tertiary/aromatic N) is 4. The Hall–Kier alpha value is -5.14. The van der Waals surface area contributed by atoms with E-state index >= 15 is 0 Å². The Labute approximate surface area is 534 Å². The third-order valence-electron chi connectivity index (χ3n) is 17.7. The van der Waals surface area contributed by atoms with Crippen LogP contribution in [0, 0.1) is 23.7 Å². The molecule has 0 aliphatic rings. The third-order valence-corrected chi connectivity index (χ3v) is 17.7. The maximum atomic E-state index is 13.3. The van der Waals surface area contributed by atoms with Crippen LogP contribution in [0.1, 0.15) is 320 Å². The number of ether oxygens (including phenoxy) is 2. The van der Waals surface area contributed by atoms with Gasteiger partial charge in [-0.25, -0.2) is 9.59 Å². The first-order chi connectivity index (χ1) is 42.8. The molecule has 14 nitrogen and oxygen atoms in total. The lowest BCUT2D eigenvalue weighted by atomic mass is 9.78. The van der Waals surface area contributed by atoms with Crippen molar-refractivity contribution in [2.75, 3.05) is 26.3 Å². The molecule has 2 rings (SSSR count). The van der Waals surface area contributed by atoms with E-state index in [0.29, 0.717) is 38.1 Å². The van der Waals surface area contributed by atoms with E-state index in [0.717, 1.165) is 102 Å². The van der Waals surface area contributed by atoms with Crippen molar-refractivity contribution in [3.63, 3.8) is 0 Å². The van der Waals surface area contributed by atoms with E-state index in [1.807, 2.05) is 0 Å². The van der Waals surface area contributed by atoms with Crippen LogP contribution < -0.4 is 10.6 Å². The summed E-state index contributed by atoms with van der Waals surface area (Å²) in [6.45, 7) is 17.4. The molecule has 2 amide bonds. The number of hydrogen-bond acceptors (Lipinski definition) is 12. The molecule has 2 aromatic carbocycles. The number of carbonyl (C=O) groups excluding carboxylic acids is 6. The lowest BCUT2D eigenvalue weighted by Crippen LogP contribution is -2.39. The van der Waals surface area contributed by atoms with Crippen molar-refractivity contribution in [1.82, 2.24) is 10.6 Å². The number of benzene rings is 2. The van der Waals surface area contributed by atoms with Crippen molar-refractivity contribution in [2.24, 2.45) is 44.1 Å². The first-order valence-corrected chi connectivity index (χ1v) is 35.7. The molecule has 0 aliphatic heterocycles. The Morgan fingerprint density at radius 1 is 0.375 bits per heavy atom. The molecular formula is C74H124N6O8. The second-order valence-corrected chi connectivity index (χ2v) is 25.2. The van der Waals surface area contributed by atoms with Gasteiger partial charge in [-0.1, -0.05) is 284 Å². The van der Waals surface area contributed by atoms with Gasteiger partial charge in [-0.05, 0) is 87.5 Å². The Kier molecular flexibility index (Phi) is 47.2. The fourth-order valence-electron chi connectivity index (χ4n) is 11.8. The van der Waals surface area contributed by atoms with E-state index < -0.39 is 47.4 Å². The Morgan fingerprint density at radius 3 is 0.977 bits per heavy atom. The van der Waals surface area contributed by atoms with Gasteiger partial charge in [0.15, 0.2) is 11.6 Å². The van der Waals surface area contributed by atoms with Crippen molar-refractivity contribution >= 4 is 46.7 Å². The minimum Gasteiger partial charge on any atom is -0.462 e. The number of hydrogen-bond donors (Lipinski definition) is 2. The lowest BCUT2D eigenvalue weighted by Gasteiger charge is -2.28. The number of amides is 2. The highest BCUT2D eigenvalue weighted by Gasteiger charge is 2.26. The fraction of sp³-hybridized carbons (Fsp3) is 0.757. The van der Waals surface area contributed by atoms with Gasteiger partial charge in [0.1, 0.15) is 0 Å². The van der Waals surface area contributed by atoms with E-state index in [9.17, 15) is 28.8 Å². The summed E-state index contributed by atoms with van der Waals surface area (Å²) in [7, 11) is 0. The predicted molar refractivity (Wildman–Crippen MR) is 361 cm³/mol. The largest absolute Gasteiger partial charge is 0.462 e. The third kappa shape index (κ3) is 36.5. The zero-order valence-electron chi connectivity index (χ0n) is 56.8. The molecule has 0 saturated heterocycles. The molecule has 0 radical (unpaired) electrons. The highest BCUT2D eigenvalue weighted by atomic mass is 16.5. The van der Waals surface area contributed by atoms with Gasteiger partial charge in [0.05, 0.1) is 35.7 Å². The van der Waals surface area contributed by atoms with Crippen LogP contribution >= 0.6 is 0 Å². The maximum absolute atomic E-state index is 13.3. The number of ketones is 2. The predicted octanol–water partition coefficient (Wildman–Crippen LogP) is 20.4. The minimum atomic E-state index is -1.28. The Morgan fingerprint density at radius 2 is 0.670 bits per heavy atom. The smallest absolute Gasteiger partial charge is 0.340 e. The van der Waals surface area contributed by atoms with Gasteiger partial charge in [-0.15, -0.1) is 0 Å².